The maximum atomic E-state index is 12.4. The van der Waals surface area contributed by atoms with Gasteiger partial charge in [0.15, 0.2) is 6.10 Å². The predicted octanol–water partition coefficient (Wildman–Crippen LogP) is 23.8. The van der Waals surface area contributed by atoms with Gasteiger partial charge in [0.2, 0.25) is 0 Å². The summed E-state index contributed by atoms with van der Waals surface area (Å²) in [6, 6.07) is 0. The second-order valence-electron chi connectivity index (χ2n) is 21.4. The van der Waals surface area contributed by atoms with E-state index in [1.54, 1.807) is 0 Å². The molecular weight excluding hydrogens is 1030 g/mol. The van der Waals surface area contributed by atoms with Gasteiger partial charge in [-0.1, -0.05) is 304 Å². The number of allylic oxidation sites excluding steroid dienone is 34. The minimum atomic E-state index is -0.801. The van der Waals surface area contributed by atoms with E-state index in [4.69, 9.17) is 9.47 Å². The monoisotopic (exact) mass is 1150 g/mol. The van der Waals surface area contributed by atoms with E-state index < -0.39 is 6.10 Å². The van der Waals surface area contributed by atoms with Crippen molar-refractivity contribution >= 4 is 11.9 Å². The quantitative estimate of drug-likeness (QED) is 0.0373. The molecule has 1 atom stereocenters. The van der Waals surface area contributed by atoms with Gasteiger partial charge in [-0.2, -0.15) is 0 Å². The highest BCUT2D eigenvalue weighted by Gasteiger charge is 2.16. The topological polar surface area (TPSA) is 72.8 Å². The van der Waals surface area contributed by atoms with Crippen molar-refractivity contribution < 1.29 is 24.2 Å². The molecule has 0 saturated heterocycles. The van der Waals surface area contributed by atoms with E-state index in [2.05, 4.69) is 220 Å². The third kappa shape index (κ3) is 69.0. The first-order chi connectivity index (χ1) is 41.6. The molecule has 5 heteroatoms. The fourth-order valence-corrected chi connectivity index (χ4v) is 8.62. The maximum absolute atomic E-state index is 12.4. The van der Waals surface area contributed by atoms with E-state index in [0.29, 0.717) is 12.8 Å². The molecule has 0 aromatic carbocycles. The van der Waals surface area contributed by atoms with Crippen molar-refractivity contribution in [3.8, 4) is 0 Å². The summed E-state index contributed by atoms with van der Waals surface area (Å²) >= 11 is 0. The zero-order valence-corrected chi connectivity index (χ0v) is 53.6. The average Bonchev–Trinajstić information content (AvgIpc) is 3.51. The molecular formula is C79H122O5. The Morgan fingerprint density at radius 2 is 0.476 bits per heavy atom. The number of ether oxygens (including phenoxy) is 2. The highest BCUT2D eigenvalue weighted by molar-refractivity contribution is 5.70. The predicted molar refractivity (Wildman–Crippen MR) is 370 cm³/mol. The Labute approximate surface area is 517 Å². The number of aliphatic hydroxyl groups excluding tert-OH is 1. The van der Waals surface area contributed by atoms with Crippen LogP contribution in [0.15, 0.2) is 207 Å². The van der Waals surface area contributed by atoms with Gasteiger partial charge >= 0.3 is 11.9 Å². The Balaban J connectivity index is 3.62. The molecule has 0 rings (SSSR count). The summed E-state index contributed by atoms with van der Waals surface area (Å²) in [5, 5.41) is 9.69. The van der Waals surface area contributed by atoms with Crippen LogP contribution in [-0.2, 0) is 19.1 Å². The third-order valence-electron chi connectivity index (χ3n) is 13.6. The van der Waals surface area contributed by atoms with E-state index in [1.807, 2.05) is 0 Å². The van der Waals surface area contributed by atoms with Gasteiger partial charge in [-0.05, 0) is 148 Å². The Morgan fingerprint density at radius 1 is 0.274 bits per heavy atom. The zero-order valence-electron chi connectivity index (χ0n) is 53.6. The second-order valence-corrected chi connectivity index (χ2v) is 21.4. The van der Waals surface area contributed by atoms with Gasteiger partial charge in [0.1, 0.15) is 6.61 Å². The number of carbonyl (C=O) groups is 2. The molecule has 468 valence electrons. The fourth-order valence-electron chi connectivity index (χ4n) is 8.62. The van der Waals surface area contributed by atoms with Crippen LogP contribution in [-0.4, -0.2) is 36.4 Å². The van der Waals surface area contributed by atoms with E-state index in [1.165, 1.54) is 64.2 Å². The van der Waals surface area contributed by atoms with E-state index in [-0.39, 0.29) is 25.2 Å². The molecule has 0 radical (unpaired) electrons. The van der Waals surface area contributed by atoms with Crippen molar-refractivity contribution in [3.05, 3.63) is 207 Å². The minimum absolute atomic E-state index is 0.0880. The number of unbranched alkanes of at least 4 members (excludes halogenated alkanes) is 17. The number of aliphatic hydroxyl groups is 1. The van der Waals surface area contributed by atoms with Gasteiger partial charge in [-0.3, -0.25) is 9.59 Å². The van der Waals surface area contributed by atoms with Gasteiger partial charge in [-0.25, -0.2) is 0 Å². The standard InChI is InChI=1S/C79H122O5/c1-3-5-7-9-11-13-15-17-19-21-23-25-27-29-31-33-35-37-38-39-40-42-43-45-47-49-51-53-55-57-59-61-63-65-67-69-71-73-78(81)83-76-77(75-80)84-79(82)74-72-70-68-66-64-62-60-58-56-54-52-50-48-46-44-41-36-34-32-30-28-26-24-22-20-18-16-14-12-10-8-6-4-2/h5-8,11-14,17-20,23-26,29-32,35-37,39-41,43,45-46,48,52,54,58,60,77,80H,3-4,9-10,15-16,21-22,27-28,33-34,38,42,44,47,49-51,53,55-57,59,61-76H2,1-2H3/b7-5-,8-6-,13-11-,14-12-,19-17-,20-18-,25-23-,26-24-,31-29-,32-30-,37-35-,40-39-,41-36-,45-43-,48-46-,54-52-,60-58-. The lowest BCUT2D eigenvalue weighted by Gasteiger charge is -2.15. The Hall–Kier alpha value is -5.52. The molecule has 0 aliphatic heterocycles. The molecule has 0 aliphatic carbocycles. The molecule has 0 aromatic heterocycles. The minimum Gasteiger partial charge on any atom is -0.462 e. The Morgan fingerprint density at radius 3 is 0.714 bits per heavy atom. The van der Waals surface area contributed by atoms with Crippen molar-refractivity contribution in [2.75, 3.05) is 13.2 Å². The molecule has 0 aliphatic rings. The summed E-state index contributed by atoms with van der Waals surface area (Å²) < 4.78 is 10.7. The van der Waals surface area contributed by atoms with E-state index in [9.17, 15) is 14.7 Å². The SMILES string of the molecule is CC/C=C\C/C=C\C/C=C\C/C=C\C/C=C\C/C=C\C/C=C\C/C=C\C/C=C\CCCCCCCC(=O)OC(CO)COC(=O)CCCCCCCCCCCCCC/C=C\C/C=C\C/C=C\C/C=C\C/C=C\C/C=C\C/C=C\C/C=C\CC. The Kier molecular flexibility index (Phi) is 67.0. The van der Waals surface area contributed by atoms with Crippen LogP contribution in [0.4, 0.5) is 0 Å². The van der Waals surface area contributed by atoms with Crippen LogP contribution in [0.5, 0.6) is 0 Å². The highest BCUT2D eigenvalue weighted by Crippen LogP contribution is 2.15. The zero-order chi connectivity index (χ0) is 60.5. The smallest absolute Gasteiger partial charge is 0.306 e. The summed E-state index contributed by atoms with van der Waals surface area (Å²) in [6.45, 7) is 3.89. The molecule has 0 saturated carbocycles. The molecule has 0 amide bonds. The van der Waals surface area contributed by atoms with Crippen LogP contribution in [0, 0.1) is 0 Å². The summed E-state index contributed by atoms with van der Waals surface area (Å²) in [5.41, 5.74) is 0. The van der Waals surface area contributed by atoms with Crippen LogP contribution in [0.25, 0.3) is 0 Å². The van der Waals surface area contributed by atoms with Gasteiger partial charge in [0.25, 0.3) is 0 Å². The first-order valence-electron chi connectivity index (χ1n) is 33.6. The molecule has 84 heavy (non-hydrogen) atoms. The molecule has 0 aromatic rings. The molecule has 0 fully saturated rings. The molecule has 0 heterocycles. The van der Waals surface area contributed by atoms with Crippen molar-refractivity contribution in [1.82, 2.24) is 0 Å². The van der Waals surface area contributed by atoms with Crippen LogP contribution in [0.1, 0.15) is 258 Å². The van der Waals surface area contributed by atoms with Gasteiger partial charge in [0.05, 0.1) is 6.61 Å². The van der Waals surface area contributed by atoms with Crippen LogP contribution in [0.2, 0.25) is 0 Å². The summed E-state index contributed by atoms with van der Waals surface area (Å²) in [7, 11) is 0. The maximum Gasteiger partial charge on any atom is 0.306 e. The lowest BCUT2D eigenvalue weighted by molar-refractivity contribution is -0.161. The number of hydrogen-bond acceptors (Lipinski definition) is 5. The number of carbonyl (C=O) groups excluding carboxylic acids is 2. The third-order valence-corrected chi connectivity index (χ3v) is 13.6. The number of esters is 2. The highest BCUT2D eigenvalue weighted by atomic mass is 16.6. The fraction of sp³-hybridized carbons (Fsp3) is 0.544. The van der Waals surface area contributed by atoms with Gasteiger partial charge in [-0.15, -0.1) is 0 Å². The number of hydrogen-bond donors (Lipinski definition) is 1. The van der Waals surface area contributed by atoms with Gasteiger partial charge < -0.3 is 14.6 Å². The first kappa shape index (κ1) is 78.5. The molecule has 5 nitrogen and oxygen atoms in total. The summed E-state index contributed by atoms with van der Waals surface area (Å²) in [6.07, 6.45) is 115. The molecule has 0 spiro atoms. The first-order valence-corrected chi connectivity index (χ1v) is 33.6. The van der Waals surface area contributed by atoms with Crippen molar-refractivity contribution in [2.45, 2.75) is 264 Å². The van der Waals surface area contributed by atoms with Crippen molar-refractivity contribution in [1.29, 1.82) is 0 Å². The van der Waals surface area contributed by atoms with Crippen LogP contribution in [0.3, 0.4) is 0 Å². The lowest BCUT2D eigenvalue weighted by Crippen LogP contribution is -2.28. The molecule has 1 N–H and O–H groups in total. The summed E-state index contributed by atoms with van der Waals surface area (Å²) in [4.78, 5) is 24.6. The normalized spacial score (nSPS) is 13.6. The second kappa shape index (κ2) is 71.7. The molecule has 1 unspecified atom stereocenters. The average molecular weight is 1150 g/mol. The lowest BCUT2D eigenvalue weighted by atomic mass is 10.0. The largest absolute Gasteiger partial charge is 0.462 e. The van der Waals surface area contributed by atoms with Crippen molar-refractivity contribution in [3.63, 3.8) is 0 Å². The van der Waals surface area contributed by atoms with E-state index >= 15 is 0 Å². The van der Waals surface area contributed by atoms with Gasteiger partial charge in [0, 0.05) is 12.8 Å². The number of rotatable bonds is 59. The molecule has 0 bridgehead atoms. The summed E-state index contributed by atoms with van der Waals surface area (Å²) in [5.74, 6) is -0.627. The van der Waals surface area contributed by atoms with Crippen LogP contribution < -0.4 is 0 Å². The Bertz CT molecular complexity index is 1980. The van der Waals surface area contributed by atoms with Crippen molar-refractivity contribution in [2.24, 2.45) is 0 Å². The van der Waals surface area contributed by atoms with E-state index in [0.717, 1.165) is 167 Å². The van der Waals surface area contributed by atoms with Crippen LogP contribution >= 0.6 is 0 Å².